The number of carbonyl (C=O) groups excluding carboxylic acids is 1. The van der Waals surface area contributed by atoms with Gasteiger partial charge < -0.3 is 25.4 Å². The topological polar surface area (TPSA) is 87.2 Å². The minimum Gasteiger partial charge on any atom is -0.444 e. The average molecular weight is 544 g/mol. The van der Waals surface area contributed by atoms with Gasteiger partial charge in [-0.1, -0.05) is 0 Å². The second kappa shape index (κ2) is 13.1. The van der Waals surface area contributed by atoms with Gasteiger partial charge in [-0.25, -0.2) is 4.79 Å². The van der Waals surface area contributed by atoms with Gasteiger partial charge >= 0.3 is 6.09 Å². The van der Waals surface area contributed by atoms with E-state index in [1.807, 2.05) is 32.5 Å². The van der Waals surface area contributed by atoms with Crippen LogP contribution in [0, 0.1) is 0 Å². The van der Waals surface area contributed by atoms with Crippen molar-refractivity contribution in [1.29, 1.82) is 0 Å². The van der Waals surface area contributed by atoms with Crippen LogP contribution in [0.25, 0.3) is 0 Å². The summed E-state index contributed by atoms with van der Waals surface area (Å²) in [6, 6.07) is 0. The molecule has 29 heavy (non-hydrogen) atoms. The number of amides is 1. The highest BCUT2D eigenvalue weighted by Gasteiger charge is 2.40. The standard InChI is InChI=1S/C19H37N5O3S.HI/c1-5-20-16(21-7-8-22-17(25)27-18(2,3)4)23-14-19(6-13-28-15-19)24-9-11-26-12-10-24;/h5-15H2,1-4H3,(H,22,25)(H2,20,21,23);1H. The van der Waals surface area contributed by atoms with Gasteiger partial charge in [0.25, 0.3) is 0 Å². The molecule has 2 rings (SSSR count). The summed E-state index contributed by atoms with van der Waals surface area (Å²) in [6.45, 7) is 13.8. The summed E-state index contributed by atoms with van der Waals surface area (Å²) in [6.07, 6.45) is 0.770. The smallest absolute Gasteiger partial charge is 0.407 e. The van der Waals surface area contributed by atoms with Gasteiger partial charge in [0.2, 0.25) is 0 Å². The molecule has 2 saturated heterocycles. The molecule has 0 aromatic carbocycles. The van der Waals surface area contributed by atoms with Crippen molar-refractivity contribution < 1.29 is 14.3 Å². The van der Waals surface area contributed by atoms with Crippen molar-refractivity contribution in [3.05, 3.63) is 0 Å². The Kier molecular flexibility index (Phi) is 12.0. The van der Waals surface area contributed by atoms with Gasteiger partial charge in [0.05, 0.1) is 25.3 Å². The molecule has 0 spiro atoms. The molecule has 0 aromatic heterocycles. The van der Waals surface area contributed by atoms with E-state index in [1.165, 1.54) is 12.2 Å². The SMILES string of the molecule is CCNC(=NCC1(N2CCOCC2)CCSC1)NCCNC(=O)OC(C)(C)C.I. The average Bonchev–Trinajstić information content (AvgIpc) is 3.12. The normalized spacial score (nSPS) is 23.2. The number of morpholine rings is 1. The van der Waals surface area contributed by atoms with E-state index in [0.717, 1.165) is 51.1 Å². The first-order chi connectivity index (χ1) is 13.3. The number of alkyl carbamates (subject to hydrolysis) is 1. The molecule has 2 heterocycles. The molecule has 2 fully saturated rings. The van der Waals surface area contributed by atoms with Crippen molar-refractivity contribution in [2.45, 2.75) is 45.3 Å². The number of ether oxygens (including phenoxy) is 2. The lowest BCUT2D eigenvalue weighted by Crippen LogP contribution is -2.56. The van der Waals surface area contributed by atoms with Crippen LogP contribution in [0.5, 0.6) is 0 Å². The molecular formula is C19H38IN5O3S. The van der Waals surface area contributed by atoms with Crippen LogP contribution in [0.4, 0.5) is 4.79 Å². The van der Waals surface area contributed by atoms with E-state index in [9.17, 15) is 4.79 Å². The highest BCUT2D eigenvalue weighted by molar-refractivity contribution is 14.0. The summed E-state index contributed by atoms with van der Waals surface area (Å²) >= 11 is 2.01. The molecule has 1 amide bonds. The number of halogens is 1. The van der Waals surface area contributed by atoms with E-state index >= 15 is 0 Å². The molecule has 10 heteroatoms. The first-order valence-corrected chi connectivity index (χ1v) is 11.4. The Hall–Kier alpha value is -0.460. The lowest BCUT2D eigenvalue weighted by molar-refractivity contribution is -0.0104. The molecule has 1 atom stereocenters. The van der Waals surface area contributed by atoms with E-state index in [1.54, 1.807) is 0 Å². The van der Waals surface area contributed by atoms with Gasteiger partial charge in [-0.2, -0.15) is 11.8 Å². The van der Waals surface area contributed by atoms with Crippen molar-refractivity contribution >= 4 is 47.8 Å². The van der Waals surface area contributed by atoms with Gasteiger partial charge in [-0.15, -0.1) is 24.0 Å². The van der Waals surface area contributed by atoms with Crippen molar-refractivity contribution in [2.75, 3.05) is 64.0 Å². The molecule has 1 unspecified atom stereocenters. The van der Waals surface area contributed by atoms with Crippen LogP contribution < -0.4 is 16.0 Å². The van der Waals surface area contributed by atoms with Crippen LogP contribution in [0.2, 0.25) is 0 Å². The number of thioether (sulfide) groups is 1. The number of hydrogen-bond acceptors (Lipinski definition) is 6. The third-order valence-corrected chi connectivity index (χ3v) is 5.96. The van der Waals surface area contributed by atoms with E-state index in [0.29, 0.717) is 13.1 Å². The summed E-state index contributed by atoms with van der Waals surface area (Å²) in [5.74, 6) is 3.10. The second-order valence-corrected chi connectivity index (χ2v) is 9.28. The Morgan fingerprint density at radius 1 is 1.21 bits per heavy atom. The van der Waals surface area contributed by atoms with Crippen LogP contribution >= 0.6 is 35.7 Å². The van der Waals surface area contributed by atoms with Gasteiger partial charge in [-0.3, -0.25) is 9.89 Å². The zero-order valence-electron chi connectivity index (χ0n) is 18.2. The number of guanidine groups is 1. The minimum absolute atomic E-state index is 0. The summed E-state index contributed by atoms with van der Waals surface area (Å²) < 4.78 is 10.8. The van der Waals surface area contributed by atoms with Crippen LogP contribution in [0.15, 0.2) is 4.99 Å². The monoisotopic (exact) mass is 543 g/mol. The summed E-state index contributed by atoms with van der Waals surface area (Å²) in [7, 11) is 0. The number of hydrogen-bond donors (Lipinski definition) is 3. The minimum atomic E-state index is -0.485. The van der Waals surface area contributed by atoms with Gasteiger partial charge in [0.15, 0.2) is 5.96 Å². The van der Waals surface area contributed by atoms with Crippen molar-refractivity contribution in [3.8, 4) is 0 Å². The number of aliphatic imine (C=N–C) groups is 1. The molecule has 0 radical (unpaired) electrons. The van der Waals surface area contributed by atoms with Crippen LogP contribution in [0.1, 0.15) is 34.1 Å². The lowest BCUT2D eigenvalue weighted by Gasteiger charge is -2.42. The molecule has 2 aliphatic rings. The molecule has 0 aliphatic carbocycles. The summed E-state index contributed by atoms with van der Waals surface area (Å²) in [5.41, 5.74) is -0.355. The molecule has 0 bridgehead atoms. The van der Waals surface area contributed by atoms with E-state index in [4.69, 9.17) is 14.5 Å². The predicted molar refractivity (Wildman–Crippen MR) is 131 cm³/mol. The third-order valence-electron chi connectivity index (χ3n) is 4.73. The molecule has 170 valence electrons. The van der Waals surface area contributed by atoms with Crippen molar-refractivity contribution in [1.82, 2.24) is 20.9 Å². The van der Waals surface area contributed by atoms with Crippen molar-refractivity contribution in [3.63, 3.8) is 0 Å². The second-order valence-electron chi connectivity index (χ2n) is 8.18. The van der Waals surface area contributed by atoms with Gasteiger partial charge in [-0.05, 0) is 39.9 Å². The molecule has 2 aliphatic heterocycles. The maximum Gasteiger partial charge on any atom is 0.407 e. The van der Waals surface area contributed by atoms with E-state index < -0.39 is 11.7 Å². The quantitative estimate of drug-likeness (QED) is 0.196. The molecule has 0 saturated carbocycles. The Morgan fingerprint density at radius 3 is 2.48 bits per heavy atom. The Morgan fingerprint density at radius 2 is 1.90 bits per heavy atom. The van der Waals surface area contributed by atoms with Crippen LogP contribution in [0.3, 0.4) is 0 Å². The fourth-order valence-corrected chi connectivity index (χ4v) is 4.80. The number of nitrogens with zero attached hydrogens (tertiary/aromatic N) is 2. The fourth-order valence-electron chi connectivity index (χ4n) is 3.34. The third kappa shape index (κ3) is 9.48. The Balaban J connectivity index is 0.00000420. The van der Waals surface area contributed by atoms with Crippen molar-refractivity contribution in [2.24, 2.45) is 4.99 Å². The zero-order chi connectivity index (χ0) is 20.5. The summed E-state index contributed by atoms with van der Waals surface area (Å²) in [5, 5.41) is 9.36. The predicted octanol–water partition coefficient (Wildman–Crippen LogP) is 1.89. The molecule has 3 N–H and O–H groups in total. The largest absolute Gasteiger partial charge is 0.444 e. The molecule has 8 nitrogen and oxygen atoms in total. The zero-order valence-corrected chi connectivity index (χ0v) is 21.4. The van der Waals surface area contributed by atoms with Crippen LogP contribution in [-0.2, 0) is 9.47 Å². The maximum absolute atomic E-state index is 11.7. The first kappa shape index (κ1) is 26.6. The van der Waals surface area contributed by atoms with Gasteiger partial charge in [0.1, 0.15) is 5.60 Å². The Labute approximate surface area is 196 Å². The van der Waals surface area contributed by atoms with Crippen LogP contribution in [-0.4, -0.2) is 92.1 Å². The number of nitrogens with one attached hydrogen (secondary N) is 3. The first-order valence-electron chi connectivity index (χ1n) is 10.2. The molecule has 0 aromatic rings. The van der Waals surface area contributed by atoms with E-state index in [-0.39, 0.29) is 29.5 Å². The van der Waals surface area contributed by atoms with E-state index in [2.05, 4.69) is 27.8 Å². The maximum atomic E-state index is 11.7. The Bertz CT molecular complexity index is 518. The number of rotatable bonds is 7. The lowest BCUT2D eigenvalue weighted by atomic mass is 9.96. The highest BCUT2D eigenvalue weighted by Crippen LogP contribution is 2.34. The fraction of sp³-hybridized carbons (Fsp3) is 0.895. The highest BCUT2D eigenvalue weighted by atomic mass is 127. The molecular weight excluding hydrogens is 505 g/mol. The summed E-state index contributed by atoms with van der Waals surface area (Å²) in [4.78, 5) is 19.2. The van der Waals surface area contributed by atoms with Gasteiger partial charge in [0, 0.05) is 38.5 Å². The number of carbonyl (C=O) groups is 1.